The lowest BCUT2D eigenvalue weighted by molar-refractivity contribution is -0.132. The summed E-state index contributed by atoms with van der Waals surface area (Å²) in [6, 6.07) is 13.3. The zero-order valence-corrected chi connectivity index (χ0v) is 17.5. The number of nitrogens with zero attached hydrogens (tertiary/aromatic N) is 1. The van der Waals surface area contributed by atoms with E-state index >= 15 is 0 Å². The van der Waals surface area contributed by atoms with Crippen molar-refractivity contribution in [3.63, 3.8) is 0 Å². The Balaban J connectivity index is 1.53. The molecule has 3 amide bonds. The summed E-state index contributed by atoms with van der Waals surface area (Å²) in [6.45, 7) is 0.609. The Bertz CT molecular complexity index is 874. The smallest absolute Gasteiger partial charge is 0.407 e. The van der Waals surface area contributed by atoms with E-state index in [4.69, 9.17) is 0 Å². The number of nitrogens with one attached hydrogen (secondary N) is 2. The molecule has 2 atom stereocenters. The maximum atomic E-state index is 12.7. The Hall–Kier alpha value is -3.75. The van der Waals surface area contributed by atoms with Gasteiger partial charge in [0, 0.05) is 26.2 Å². The number of carbonyl (C=O) groups is 3. The van der Waals surface area contributed by atoms with E-state index in [2.05, 4.69) is 10.6 Å². The molecule has 0 radical (unpaired) electrons. The number of phenolic OH excluding ortho intramolecular Hbond substituents is 2. The fourth-order valence-electron chi connectivity index (χ4n) is 3.74. The van der Waals surface area contributed by atoms with Crippen molar-refractivity contribution in [1.82, 2.24) is 15.5 Å². The molecular weight excluding hydrogens is 414 g/mol. The van der Waals surface area contributed by atoms with Gasteiger partial charge in [0.05, 0.1) is 11.8 Å². The number of likely N-dealkylation sites (tertiary alicyclic amines) is 1. The predicted octanol–water partition coefficient (Wildman–Crippen LogP) is 1.34. The number of carbonyl (C=O) groups excluding carboxylic acids is 2. The molecule has 1 saturated heterocycles. The normalized spacial score (nSPS) is 17.7. The molecule has 32 heavy (non-hydrogen) atoms. The molecule has 2 aromatic rings. The van der Waals surface area contributed by atoms with E-state index in [1.54, 1.807) is 48.5 Å². The summed E-state index contributed by atoms with van der Waals surface area (Å²) in [5.74, 6) is -1.91. The first-order valence-electron chi connectivity index (χ1n) is 10.4. The molecular formula is C23H27N3O6. The van der Waals surface area contributed by atoms with Crippen molar-refractivity contribution in [3.8, 4) is 11.5 Å². The van der Waals surface area contributed by atoms with Gasteiger partial charge in [-0.25, -0.2) is 4.79 Å². The van der Waals surface area contributed by atoms with E-state index in [9.17, 15) is 29.7 Å². The summed E-state index contributed by atoms with van der Waals surface area (Å²) in [7, 11) is 0. The zero-order chi connectivity index (χ0) is 23.1. The van der Waals surface area contributed by atoms with Gasteiger partial charge in [-0.05, 0) is 48.2 Å². The van der Waals surface area contributed by atoms with E-state index < -0.39 is 17.9 Å². The Labute approximate surface area is 185 Å². The van der Waals surface area contributed by atoms with Crippen LogP contribution in [0.1, 0.15) is 11.1 Å². The lowest BCUT2D eigenvalue weighted by Gasteiger charge is -2.17. The highest BCUT2D eigenvalue weighted by Gasteiger charge is 2.43. The molecule has 0 saturated carbocycles. The van der Waals surface area contributed by atoms with Gasteiger partial charge in [0.2, 0.25) is 11.8 Å². The largest absolute Gasteiger partial charge is 0.508 e. The molecule has 0 aliphatic carbocycles. The number of phenols is 2. The van der Waals surface area contributed by atoms with Gasteiger partial charge in [0.25, 0.3) is 0 Å². The minimum absolute atomic E-state index is 0.0313. The van der Waals surface area contributed by atoms with Gasteiger partial charge in [-0.3, -0.25) is 9.59 Å². The average Bonchev–Trinajstić information content (AvgIpc) is 3.22. The van der Waals surface area contributed by atoms with Crippen molar-refractivity contribution in [1.29, 1.82) is 0 Å². The molecule has 0 bridgehead atoms. The molecule has 1 aliphatic rings. The molecule has 0 spiro atoms. The fourth-order valence-corrected chi connectivity index (χ4v) is 3.74. The molecule has 1 aliphatic heterocycles. The van der Waals surface area contributed by atoms with Gasteiger partial charge >= 0.3 is 6.09 Å². The lowest BCUT2D eigenvalue weighted by Crippen LogP contribution is -2.42. The molecule has 3 rings (SSSR count). The number of hydrogen-bond acceptors (Lipinski definition) is 5. The van der Waals surface area contributed by atoms with Gasteiger partial charge in [-0.2, -0.15) is 0 Å². The average molecular weight is 441 g/mol. The first-order chi connectivity index (χ1) is 15.3. The molecule has 2 aromatic carbocycles. The molecule has 170 valence electrons. The summed E-state index contributed by atoms with van der Waals surface area (Å²) in [4.78, 5) is 38.0. The van der Waals surface area contributed by atoms with Crippen LogP contribution in [0.5, 0.6) is 11.5 Å². The summed E-state index contributed by atoms with van der Waals surface area (Å²) < 4.78 is 0. The minimum atomic E-state index is -1.16. The molecule has 5 N–H and O–H groups in total. The first kappa shape index (κ1) is 22.9. The number of rotatable bonds is 8. The van der Waals surface area contributed by atoms with Crippen molar-refractivity contribution in [2.24, 2.45) is 11.8 Å². The molecule has 2 unspecified atom stereocenters. The fraction of sp³-hybridized carbons (Fsp3) is 0.348. The third-order valence-electron chi connectivity index (χ3n) is 5.56. The molecule has 0 aromatic heterocycles. The molecule has 1 fully saturated rings. The second-order valence-corrected chi connectivity index (χ2v) is 7.82. The van der Waals surface area contributed by atoms with Crippen LogP contribution in [0.15, 0.2) is 48.5 Å². The molecule has 9 heteroatoms. The molecule has 9 nitrogen and oxygen atoms in total. The predicted molar refractivity (Wildman–Crippen MR) is 116 cm³/mol. The number of benzene rings is 2. The van der Waals surface area contributed by atoms with Crippen LogP contribution in [-0.2, 0) is 22.4 Å². The Morgan fingerprint density at radius 2 is 1.12 bits per heavy atom. The van der Waals surface area contributed by atoms with Crippen molar-refractivity contribution in [2.75, 3.05) is 26.2 Å². The quantitative estimate of drug-likeness (QED) is 0.419. The Morgan fingerprint density at radius 1 is 0.750 bits per heavy atom. The van der Waals surface area contributed by atoms with Crippen LogP contribution in [0.2, 0.25) is 0 Å². The highest BCUT2D eigenvalue weighted by molar-refractivity contribution is 5.89. The van der Waals surface area contributed by atoms with Crippen LogP contribution in [0.25, 0.3) is 0 Å². The van der Waals surface area contributed by atoms with Crippen molar-refractivity contribution in [2.45, 2.75) is 12.8 Å². The summed E-state index contributed by atoms with van der Waals surface area (Å²) in [5.41, 5.74) is 1.87. The highest BCUT2D eigenvalue weighted by atomic mass is 16.4. The van der Waals surface area contributed by atoms with E-state index in [1.165, 1.54) is 0 Å². The van der Waals surface area contributed by atoms with Crippen molar-refractivity contribution in [3.05, 3.63) is 59.7 Å². The van der Waals surface area contributed by atoms with E-state index in [1.807, 2.05) is 0 Å². The Kier molecular flexibility index (Phi) is 7.54. The summed E-state index contributed by atoms with van der Waals surface area (Å²) in [5, 5.41) is 33.6. The number of hydrogen-bond donors (Lipinski definition) is 5. The summed E-state index contributed by atoms with van der Waals surface area (Å²) >= 11 is 0. The second-order valence-electron chi connectivity index (χ2n) is 7.82. The maximum absolute atomic E-state index is 12.7. The number of aromatic hydroxyl groups is 2. The zero-order valence-electron chi connectivity index (χ0n) is 17.5. The Morgan fingerprint density at radius 3 is 1.47 bits per heavy atom. The number of carboxylic acid groups (broad SMARTS) is 1. The topological polar surface area (TPSA) is 139 Å². The van der Waals surface area contributed by atoms with Gasteiger partial charge in [0.1, 0.15) is 11.5 Å². The van der Waals surface area contributed by atoms with Gasteiger partial charge < -0.3 is 30.9 Å². The van der Waals surface area contributed by atoms with Crippen LogP contribution in [-0.4, -0.2) is 64.3 Å². The van der Waals surface area contributed by atoms with E-state index in [-0.39, 0.29) is 36.4 Å². The van der Waals surface area contributed by atoms with E-state index in [0.29, 0.717) is 25.9 Å². The van der Waals surface area contributed by atoms with Gasteiger partial charge in [-0.1, -0.05) is 24.3 Å². The van der Waals surface area contributed by atoms with Crippen molar-refractivity contribution >= 4 is 17.9 Å². The first-order valence-corrected chi connectivity index (χ1v) is 10.4. The van der Waals surface area contributed by atoms with Crippen LogP contribution >= 0.6 is 0 Å². The minimum Gasteiger partial charge on any atom is -0.508 e. The standard InChI is InChI=1S/C23H27N3O6/c27-17-5-1-15(2-6-17)9-11-24-21(29)19-13-26(23(31)32)14-20(19)22(30)25-12-10-16-3-7-18(28)8-4-16/h1-8,19-20,27-28H,9-14H2,(H,24,29)(H,25,30)(H,31,32). The van der Waals surface area contributed by atoms with Crippen LogP contribution in [0, 0.1) is 11.8 Å². The van der Waals surface area contributed by atoms with Gasteiger partial charge in [0.15, 0.2) is 0 Å². The van der Waals surface area contributed by atoms with Crippen LogP contribution < -0.4 is 10.6 Å². The van der Waals surface area contributed by atoms with Crippen molar-refractivity contribution < 1.29 is 29.7 Å². The van der Waals surface area contributed by atoms with Crippen LogP contribution in [0.4, 0.5) is 4.79 Å². The third kappa shape index (κ3) is 6.13. The highest BCUT2D eigenvalue weighted by Crippen LogP contribution is 2.24. The lowest BCUT2D eigenvalue weighted by atomic mass is 9.94. The number of amides is 3. The summed E-state index contributed by atoms with van der Waals surface area (Å²) in [6.07, 6.45) is -0.0678. The monoisotopic (exact) mass is 441 g/mol. The van der Waals surface area contributed by atoms with E-state index in [0.717, 1.165) is 16.0 Å². The van der Waals surface area contributed by atoms with Gasteiger partial charge in [-0.15, -0.1) is 0 Å². The SMILES string of the molecule is O=C(NCCc1ccc(O)cc1)C1CN(C(=O)O)CC1C(=O)NCCc1ccc(O)cc1. The van der Waals surface area contributed by atoms with Crippen LogP contribution in [0.3, 0.4) is 0 Å². The third-order valence-corrected chi connectivity index (χ3v) is 5.56. The molecule has 1 heterocycles. The maximum Gasteiger partial charge on any atom is 0.407 e. The second kappa shape index (κ2) is 10.5.